The predicted octanol–water partition coefficient (Wildman–Crippen LogP) is 4.09. The predicted molar refractivity (Wildman–Crippen MR) is 113 cm³/mol. The van der Waals surface area contributed by atoms with Crippen LogP contribution in [0.4, 0.5) is 0 Å². The van der Waals surface area contributed by atoms with Crippen molar-refractivity contribution in [3.8, 4) is 0 Å². The molecule has 0 aromatic heterocycles. The van der Waals surface area contributed by atoms with E-state index in [9.17, 15) is 13.2 Å². The largest absolute Gasteiger partial charge is 0.481 e. The molecule has 2 N–H and O–H groups in total. The van der Waals surface area contributed by atoms with Crippen molar-refractivity contribution >= 4 is 43.5 Å². The number of hydrogen-bond donors (Lipinski definition) is 2. The second-order valence-electron chi connectivity index (χ2n) is 6.88. The number of carboxylic acid groups (broad SMARTS) is 1. The highest BCUT2D eigenvalue weighted by molar-refractivity contribution is 9.08. The normalized spacial score (nSPS) is 16.6. The van der Waals surface area contributed by atoms with Crippen molar-refractivity contribution in [3.63, 3.8) is 0 Å². The Morgan fingerprint density at radius 2 is 1.93 bits per heavy atom. The average molecular weight is 487 g/mol. The van der Waals surface area contributed by atoms with Crippen LogP contribution >= 0.6 is 27.5 Å². The molecule has 1 aliphatic carbocycles. The Bertz CT molecular complexity index is 976. The average Bonchev–Trinajstić information content (AvgIpc) is 2.65. The molecule has 8 heteroatoms. The van der Waals surface area contributed by atoms with Gasteiger partial charge in [0.05, 0.1) is 4.90 Å². The van der Waals surface area contributed by atoms with Crippen molar-refractivity contribution < 1.29 is 18.3 Å². The monoisotopic (exact) mass is 485 g/mol. The number of alkyl halides is 1. The van der Waals surface area contributed by atoms with Gasteiger partial charge in [-0.05, 0) is 72.2 Å². The second-order valence-corrected chi connectivity index (χ2v) is 9.59. The summed E-state index contributed by atoms with van der Waals surface area (Å²) in [6, 6.07) is 9.93. The molecule has 0 saturated carbocycles. The molecule has 5 nitrogen and oxygen atoms in total. The van der Waals surface area contributed by atoms with E-state index < -0.39 is 16.0 Å². The molecule has 1 atom stereocenters. The van der Waals surface area contributed by atoms with Crippen molar-refractivity contribution in [2.75, 3.05) is 0 Å². The van der Waals surface area contributed by atoms with Crippen LogP contribution in [0.1, 0.15) is 35.1 Å². The van der Waals surface area contributed by atoms with Crippen LogP contribution in [0.2, 0.25) is 5.02 Å². The van der Waals surface area contributed by atoms with Crippen molar-refractivity contribution in [3.05, 3.63) is 63.7 Å². The van der Waals surface area contributed by atoms with Crippen LogP contribution < -0.4 is 4.72 Å². The Morgan fingerprint density at radius 3 is 2.57 bits per heavy atom. The van der Waals surface area contributed by atoms with Gasteiger partial charge in [0.2, 0.25) is 10.0 Å². The van der Waals surface area contributed by atoms with E-state index in [0.29, 0.717) is 29.6 Å². The molecule has 0 aliphatic heterocycles. The number of rotatable bonds is 7. The van der Waals surface area contributed by atoms with Crippen LogP contribution in [0, 0.1) is 0 Å². The first-order valence-corrected chi connectivity index (χ1v) is 12.0. The number of carbonyl (C=O) groups is 1. The number of aliphatic carboxylic acids is 1. The van der Waals surface area contributed by atoms with Crippen LogP contribution in [-0.2, 0) is 39.4 Å². The number of carboxylic acids is 1. The van der Waals surface area contributed by atoms with Crippen molar-refractivity contribution in [1.82, 2.24) is 4.72 Å². The number of halogens is 2. The molecule has 3 rings (SSSR count). The zero-order valence-corrected chi connectivity index (χ0v) is 18.3. The van der Waals surface area contributed by atoms with Gasteiger partial charge in [-0.2, -0.15) is 0 Å². The van der Waals surface area contributed by atoms with E-state index in [1.165, 1.54) is 17.7 Å². The molecule has 0 radical (unpaired) electrons. The van der Waals surface area contributed by atoms with Crippen LogP contribution in [0.3, 0.4) is 0 Å². The van der Waals surface area contributed by atoms with Gasteiger partial charge in [0.15, 0.2) is 0 Å². The van der Waals surface area contributed by atoms with Gasteiger partial charge in [-0.25, -0.2) is 13.1 Å². The lowest BCUT2D eigenvalue weighted by Gasteiger charge is -2.28. The highest BCUT2D eigenvalue weighted by Crippen LogP contribution is 2.30. The van der Waals surface area contributed by atoms with Crippen molar-refractivity contribution in [1.29, 1.82) is 0 Å². The number of fused-ring (bicyclic) bond motifs is 1. The molecule has 0 bridgehead atoms. The lowest BCUT2D eigenvalue weighted by atomic mass is 9.83. The Labute approximate surface area is 178 Å². The molecule has 150 valence electrons. The third kappa shape index (κ3) is 4.95. The topological polar surface area (TPSA) is 83.5 Å². The summed E-state index contributed by atoms with van der Waals surface area (Å²) in [4.78, 5) is 11.2. The summed E-state index contributed by atoms with van der Waals surface area (Å²) in [6.07, 6.45) is 2.55. The van der Waals surface area contributed by atoms with Gasteiger partial charge in [-0.15, -0.1) is 0 Å². The maximum Gasteiger partial charge on any atom is 0.303 e. The van der Waals surface area contributed by atoms with E-state index in [1.54, 1.807) is 12.1 Å². The van der Waals surface area contributed by atoms with Gasteiger partial charge in [0.1, 0.15) is 0 Å². The summed E-state index contributed by atoms with van der Waals surface area (Å²) < 4.78 is 28.1. The number of benzene rings is 2. The third-order valence-corrected chi connectivity index (χ3v) is 7.41. The zero-order valence-electron chi connectivity index (χ0n) is 15.1. The van der Waals surface area contributed by atoms with E-state index in [0.717, 1.165) is 23.1 Å². The van der Waals surface area contributed by atoms with Crippen LogP contribution in [0.15, 0.2) is 41.3 Å². The quantitative estimate of drug-likeness (QED) is 0.578. The summed E-state index contributed by atoms with van der Waals surface area (Å²) in [7, 11) is -3.62. The highest BCUT2D eigenvalue weighted by atomic mass is 79.9. The SMILES string of the molecule is O=C(O)CCc1c(CBr)ccc2c1CCC(NS(=O)(=O)c1ccc(Cl)cc1)C2. The highest BCUT2D eigenvalue weighted by Gasteiger charge is 2.26. The first kappa shape index (κ1) is 21.3. The first-order valence-electron chi connectivity index (χ1n) is 8.98. The summed E-state index contributed by atoms with van der Waals surface area (Å²) >= 11 is 9.32. The number of hydrogen-bond acceptors (Lipinski definition) is 3. The minimum Gasteiger partial charge on any atom is -0.481 e. The fraction of sp³-hybridized carbons (Fsp3) is 0.350. The Balaban J connectivity index is 1.80. The van der Waals surface area contributed by atoms with Crippen LogP contribution in [-0.4, -0.2) is 25.5 Å². The summed E-state index contributed by atoms with van der Waals surface area (Å²) in [5.41, 5.74) is 4.43. The standard InChI is InChI=1S/C20H21BrClNO4S/c21-12-14-2-1-13-11-16(5-8-18(13)19(14)9-10-20(24)25)23-28(26,27)17-6-3-15(22)4-7-17/h1-4,6-7,16,23H,5,8-12H2,(H,24,25). The van der Waals surface area contributed by atoms with E-state index in [2.05, 4.69) is 20.7 Å². The Hall–Kier alpha value is -1.41. The minimum atomic E-state index is -3.62. The fourth-order valence-corrected chi connectivity index (χ4v) is 5.57. The lowest BCUT2D eigenvalue weighted by molar-refractivity contribution is -0.136. The molecule has 0 saturated heterocycles. The van der Waals surface area contributed by atoms with Gasteiger partial charge < -0.3 is 5.11 Å². The van der Waals surface area contributed by atoms with Gasteiger partial charge >= 0.3 is 5.97 Å². The molecule has 1 unspecified atom stereocenters. The van der Waals surface area contributed by atoms with Crippen molar-refractivity contribution in [2.24, 2.45) is 0 Å². The van der Waals surface area contributed by atoms with Crippen LogP contribution in [0.25, 0.3) is 0 Å². The van der Waals surface area contributed by atoms with E-state index >= 15 is 0 Å². The molecule has 1 aliphatic rings. The number of nitrogens with one attached hydrogen (secondary N) is 1. The molecule has 2 aromatic rings. The van der Waals surface area contributed by atoms with Gasteiger partial charge in [-0.3, -0.25) is 4.79 Å². The minimum absolute atomic E-state index is 0.0864. The molecular weight excluding hydrogens is 466 g/mol. The zero-order chi connectivity index (χ0) is 20.3. The molecule has 0 fully saturated rings. The fourth-order valence-electron chi connectivity index (χ4n) is 3.65. The van der Waals surface area contributed by atoms with Gasteiger partial charge in [-0.1, -0.05) is 39.7 Å². The van der Waals surface area contributed by atoms with Crippen LogP contribution in [0.5, 0.6) is 0 Å². The van der Waals surface area contributed by atoms with Gasteiger partial charge in [0.25, 0.3) is 0 Å². The summed E-state index contributed by atoms with van der Waals surface area (Å²) in [5.74, 6) is -0.817. The maximum atomic E-state index is 12.6. The Kier molecular flexibility index (Phi) is 6.81. The maximum absolute atomic E-state index is 12.6. The summed E-state index contributed by atoms with van der Waals surface area (Å²) in [5, 5.41) is 10.2. The Morgan fingerprint density at radius 1 is 1.21 bits per heavy atom. The molecule has 28 heavy (non-hydrogen) atoms. The van der Waals surface area contributed by atoms with E-state index in [1.807, 2.05) is 12.1 Å². The first-order chi connectivity index (χ1) is 13.3. The third-order valence-electron chi connectivity index (χ3n) is 5.01. The molecule has 0 heterocycles. The molecular formula is C20H21BrClNO4S. The molecule has 0 amide bonds. The molecule has 0 spiro atoms. The molecule has 2 aromatic carbocycles. The number of sulfonamides is 1. The smallest absolute Gasteiger partial charge is 0.303 e. The lowest BCUT2D eigenvalue weighted by Crippen LogP contribution is -2.39. The van der Waals surface area contributed by atoms with E-state index in [4.69, 9.17) is 16.7 Å². The summed E-state index contributed by atoms with van der Waals surface area (Å²) in [6.45, 7) is 0. The second kappa shape index (κ2) is 8.95. The van der Waals surface area contributed by atoms with Crippen molar-refractivity contribution in [2.45, 2.75) is 48.4 Å². The van der Waals surface area contributed by atoms with E-state index in [-0.39, 0.29) is 17.4 Å². The van der Waals surface area contributed by atoms with Gasteiger partial charge in [0, 0.05) is 22.8 Å².